The zero-order chi connectivity index (χ0) is 8.97. The van der Waals surface area contributed by atoms with Gasteiger partial charge >= 0.3 is 5.97 Å². The molecule has 70 valence electrons. The quantitative estimate of drug-likeness (QED) is 0.554. The lowest BCUT2D eigenvalue weighted by atomic mass is 9.91. The zero-order valence-electron chi connectivity index (χ0n) is 6.99. The van der Waals surface area contributed by atoms with E-state index >= 15 is 0 Å². The summed E-state index contributed by atoms with van der Waals surface area (Å²) in [5.74, 6) is -0.608. The van der Waals surface area contributed by atoms with Gasteiger partial charge in [-0.1, -0.05) is 0 Å². The summed E-state index contributed by atoms with van der Waals surface area (Å²) in [7, 11) is 0. The number of hydrogen-bond donors (Lipinski definition) is 3. The molecule has 0 aromatic carbocycles. The molecular formula is C8H15NO3. The number of aliphatic hydroxyl groups is 1. The van der Waals surface area contributed by atoms with E-state index in [1.54, 1.807) is 0 Å². The van der Waals surface area contributed by atoms with E-state index in [1.165, 1.54) is 0 Å². The molecule has 0 unspecified atom stereocenters. The number of aliphatic hydroxyl groups excluding tert-OH is 1. The van der Waals surface area contributed by atoms with E-state index in [0.29, 0.717) is 13.0 Å². The number of hydrogen-bond acceptors (Lipinski definition) is 3. The highest BCUT2D eigenvalue weighted by Gasteiger charge is 2.22. The summed E-state index contributed by atoms with van der Waals surface area (Å²) in [5, 5.41) is 20.9. The van der Waals surface area contributed by atoms with Crippen LogP contribution in [0.15, 0.2) is 0 Å². The first-order chi connectivity index (χ1) is 5.70. The van der Waals surface area contributed by atoms with Crippen LogP contribution in [-0.4, -0.2) is 35.4 Å². The summed E-state index contributed by atoms with van der Waals surface area (Å²) < 4.78 is 0. The van der Waals surface area contributed by atoms with Gasteiger partial charge in [-0.2, -0.15) is 0 Å². The maximum atomic E-state index is 10.3. The Labute approximate surface area is 71.6 Å². The highest BCUT2D eigenvalue weighted by molar-refractivity contribution is 5.66. The topological polar surface area (TPSA) is 69.6 Å². The Hall–Kier alpha value is -0.610. The zero-order valence-corrected chi connectivity index (χ0v) is 6.99. The van der Waals surface area contributed by atoms with Gasteiger partial charge in [-0.3, -0.25) is 4.79 Å². The van der Waals surface area contributed by atoms with Crippen molar-refractivity contribution in [2.24, 2.45) is 5.92 Å². The molecule has 0 aromatic heterocycles. The molecule has 4 heteroatoms. The average molecular weight is 173 g/mol. The lowest BCUT2D eigenvalue weighted by Gasteiger charge is -2.27. The van der Waals surface area contributed by atoms with E-state index < -0.39 is 5.97 Å². The molecule has 1 aliphatic rings. The molecule has 0 radical (unpaired) electrons. The van der Waals surface area contributed by atoms with Gasteiger partial charge in [0, 0.05) is 13.0 Å². The lowest BCUT2D eigenvalue weighted by molar-refractivity contribution is -0.137. The van der Waals surface area contributed by atoms with E-state index in [4.69, 9.17) is 5.11 Å². The first-order valence-corrected chi connectivity index (χ1v) is 4.30. The van der Waals surface area contributed by atoms with Crippen molar-refractivity contribution < 1.29 is 15.0 Å². The third-order valence-electron chi connectivity index (χ3n) is 2.32. The summed E-state index contributed by atoms with van der Waals surface area (Å²) in [6.45, 7) is 1.49. The number of carbonyl (C=O) groups is 1. The minimum Gasteiger partial charge on any atom is -0.481 e. The normalized spacial score (nSPS) is 30.1. The maximum absolute atomic E-state index is 10.3. The van der Waals surface area contributed by atoms with Crippen molar-refractivity contribution in [3.8, 4) is 0 Å². The van der Waals surface area contributed by atoms with Gasteiger partial charge in [-0.05, 0) is 25.3 Å². The standard InChI is InChI=1S/C8H15NO3/c10-7-5-9-4-3-6(7)1-2-8(11)12/h6-7,9-10H,1-5H2,(H,11,12)/t6-,7-/m0/s1. The van der Waals surface area contributed by atoms with Gasteiger partial charge < -0.3 is 15.5 Å². The van der Waals surface area contributed by atoms with Gasteiger partial charge in [-0.25, -0.2) is 0 Å². The minimum absolute atomic E-state index is 0.168. The molecule has 1 rings (SSSR count). The van der Waals surface area contributed by atoms with Crippen molar-refractivity contribution in [1.29, 1.82) is 0 Å². The minimum atomic E-state index is -0.777. The monoisotopic (exact) mass is 173 g/mol. The van der Waals surface area contributed by atoms with Crippen LogP contribution >= 0.6 is 0 Å². The van der Waals surface area contributed by atoms with Crippen LogP contribution in [0.4, 0.5) is 0 Å². The van der Waals surface area contributed by atoms with E-state index in [1.807, 2.05) is 0 Å². The predicted molar refractivity (Wildman–Crippen MR) is 43.9 cm³/mol. The highest BCUT2D eigenvalue weighted by atomic mass is 16.4. The Morgan fingerprint density at radius 3 is 2.92 bits per heavy atom. The van der Waals surface area contributed by atoms with Crippen molar-refractivity contribution >= 4 is 5.97 Å². The summed E-state index contributed by atoms with van der Waals surface area (Å²) in [5.41, 5.74) is 0. The molecule has 0 aromatic rings. The molecule has 0 saturated carbocycles. The first-order valence-electron chi connectivity index (χ1n) is 4.30. The van der Waals surface area contributed by atoms with Crippen molar-refractivity contribution in [1.82, 2.24) is 5.32 Å². The molecule has 0 aliphatic carbocycles. The van der Waals surface area contributed by atoms with E-state index in [2.05, 4.69) is 5.32 Å². The van der Waals surface area contributed by atoms with Crippen LogP contribution in [0.2, 0.25) is 0 Å². The van der Waals surface area contributed by atoms with Crippen LogP contribution in [0.3, 0.4) is 0 Å². The third-order valence-corrected chi connectivity index (χ3v) is 2.32. The van der Waals surface area contributed by atoms with Crippen molar-refractivity contribution in [3.63, 3.8) is 0 Å². The van der Waals surface area contributed by atoms with Crippen molar-refractivity contribution in [3.05, 3.63) is 0 Å². The molecule has 0 bridgehead atoms. The summed E-state index contributed by atoms with van der Waals surface area (Å²) in [6, 6.07) is 0. The van der Waals surface area contributed by atoms with Crippen molar-refractivity contribution in [2.45, 2.75) is 25.4 Å². The number of aliphatic carboxylic acids is 1. The molecule has 0 spiro atoms. The fourth-order valence-electron chi connectivity index (χ4n) is 1.54. The van der Waals surface area contributed by atoms with E-state index in [-0.39, 0.29) is 18.4 Å². The fraction of sp³-hybridized carbons (Fsp3) is 0.875. The second-order valence-electron chi connectivity index (χ2n) is 3.25. The van der Waals surface area contributed by atoms with Gasteiger partial charge in [-0.15, -0.1) is 0 Å². The second kappa shape index (κ2) is 4.42. The third kappa shape index (κ3) is 2.79. The number of nitrogens with one attached hydrogen (secondary N) is 1. The Balaban J connectivity index is 2.24. The number of rotatable bonds is 3. The number of carboxylic acids is 1. The molecule has 4 nitrogen and oxygen atoms in total. The predicted octanol–water partition coefficient (Wildman–Crippen LogP) is -0.178. The Kier molecular flexibility index (Phi) is 3.49. The van der Waals surface area contributed by atoms with Crippen LogP contribution in [-0.2, 0) is 4.79 Å². The number of β-amino-alcohol motifs (C(OH)–C–C–N with tert-alkyl or cyclic N) is 1. The van der Waals surface area contributed by atoms with Gasteiger partial charge in [0.2, 0.25) is 0 Å². The molecule has 1 heterocycles. The van der Waals surface area contributed by atoms with Crippen molar-refractivity contribution in [2.75, 3.05) is 13.1 Å². The highest BCUT2D eigenvalue weighted by Crippen LogP contribution is 2.18. The van der Waals surface area contributed by atoms with Gasteiger partial charge in [0.25, 0.3) is 0 Å². The lowest BCUT2D eigenvalue weighted by Crippen LogP contribution is -2.40. The number of carboxylic acid groups (broad SMARTS) is 1. The SMILES string of the molecule is O=C(O)CC[C@H]1CCNC[C@@H]1O. The average Bonchev–Trinajstić information content (AvgIpc) is 2.03. The Morgan fingerprint density at radius 2 is 2.33 bits per heavy atom. The van der Waals surface area contributed by atoms with Gasteiger partial charge in [0.1, 0.15) is 0 Å². The van der Waals surface area contributed by atoms with Crippen LogP contribution in [0.1, 0.15) is 19.3 Å². The van der Waals surface area contributed by atoms with Crippen LogP contribution in [0.5, 0.6) is 0 Å². The summed E-state index contributed by atoms with van der Waals surface area (Å²) >= 11 is 0. The summed E-state index contributed by atoms with van der Waals surface area (Å²) in [6.07, 6.45) is 1.28. The molecule has 1 aliphatic heterocycles. The first kappa shape index (κ1) is 9.48. The molecule has 1 saturated heterocycles. The Morgan fingerprint density at radius 1 is 1.58 bits per heavy atom. The molecule has 2 atom stereocenters. The fourth-order valence-corrected chi connectivity index (χ4v) is 1.54. The second-order valence-corrected chi connectivity index (χ2v) is 3.25. The molecule has 12 heavy (non-hydrogen) atoms. The van der Waals surface area contributed by atoms with E-state index in [9.17, 15) is 9.90 Å². The van der Waals surface area contributed by atoms with Gasteiger partial charge in [0.15, 0.2) is 0 Å². The van der Waals surface area contributed by atoms with Crippen LogP contribution in [0.25, 0.3) is 0 Å². The molecular weight excluding hydrogens is 158 g/mol. The molecule has 0 amide bonds. The maximum Gasteiger partial charge on any atom is 0.303 e. The molecule has 1 fully saturated rings. The summed E-state index contributed by atoms with van der Waals surface area (Å²) in [4.78, 5) is 10.3. The number of piperidine rings is 1. The molecule has 3 N–H and O–H groups in total. The van der Waals surface area contributed by atoms with Gasteiger partial charge in [0.05, 0.1) is 6.10 Å². The van der Waals surface area contributed by atoms with E-state index in [0.717, 1.165) is 13.0 Å². The van der Waals surface area contributed by atoms with Crippen LogP contribution < -0.4 is 5.32 Å². The largest absolute Gasteiger partial charge is 0.481 e. The smallest absolute Gasteiger partial charge is 0.303 e. The Bertz CT molecular complexity index is 160. The van der Waals surface area contributed by atoms with Crippen LogP contribution in [0, 0.1) is 5.92 Å².